The van der Waals surface area contributed by atoms with Gasteiger partial charge in [-0.25, -0.2) is 12.7 Å². The Bertz CT molecular complexity index is 794. The van der Waals surface area contributed by atoms with Crippen LogP contribution in [0.4, 0.5) is 11.4 Å². The molecule has 9 heteroatoms. The minimum atomic E-state index is -3.33. The summed E-state index contributed by atoms with van der Waals surface area (Å²) in [6.45, 7) is 3.82. The van der Waals surface area contributed by atoms with E-state index in [0.717, 1.165) is 0 Å². The van der Waals surface area contributed by atoms with Crippen LogP contribution in [0.3, 0.4) is 0 Å². The number of hydrogen-bond donors (Lipinski definition) is 2. The molecular weight excluding hydrogens is 370 g/mol. The maximum atomic E-state index is 12.7. The lowest BCUT2D eigenvalue weighted by Crippen LogP contribution is -2.44. The van der Waals surface area contributed by atoms with Gasteiger partial charge in [-0.15, -0.1) is 0 Å². The average molecular weight is 397 g/mol. The highest BCUT2D eigenvalue weighted by molar-refractivity contribution is 7.89. The van der Waals surface area contributed by atoms with Gasteiger partial charge < -0.3 is 15.4 Å². The molecule has 2 amide bonds. The van der Waals surface area contributed by atoms with Crippen molar-refractivity contribution in [1.82, 2.24) is 4.31 Å². The second-order valence-electron chi connectivity index (χ2n) is 6.60. The van der Waals surface area contributed by atoms with E-state index in [1.54, 1.807) is 18.2 Å². The summed E-state index contributed by atoms with van der Waals surface area (Å²) in [4.78, 5) is 24.1. The van der Waals surface area contributed by atoms with Crippen LogP contribution in [-0.2, 0) is 19.6 Å². The number of piperidine rings is 1. The molecule has 0 spiro atoms. The fourth-order valence-corrected chi connectivity index (χ4v) is 4.67. The van der Waals surface area contributed by atoms with Crippen LogP contribution in [0.15, 0.2) is 18.2 Å². The van der Waals surface area contributed by atoms with Crippen LogP contribution in [0.2, 0.25) is 0 Å². The minimum Gasteiger partial charge on any atom is -0.497 e. The molecule has 1 aromatic carbocycles. The topological polar surface area (TPSA) is 105 Å². The normalized spacial score (nSPS) is 18.0. The Morgan fingerprint density at radius 1 is 1.26 bits per heavy atom. The van der Waals surface area contributed by atoms with E-state index in [9.17, 15) is 18.0 Å². The number of amides is 2. The number of carbonyl (C=O) groups excluding carboxylic acids is 2. The van der Waals surface area contributed by atoms with Crippen molar-refractivity contribution in [1.29, 1.82) is 0 Å². The van der Waals surface area contributed by atoms with Crippen molar-refractivity contribution in [3.63, 3.8) is 0 Å². The van der Waals surface area contributed by atoms with E-state index in [1.807, 2.05) is 6.92 Å². The summed E-state index contributed by atoms with van der Waals surface area (Å²) in [6.07, 6.45) is 1.79. The zero-order valence-corrected chi connectivity index (χ0v) is 16.8. The van der Waals surface area contributed by atoms with Crippen LogP contribution in [0, 0.1) is 5.92 Å². The molecule has 1 aliphatic rings. The Kier molecular flexibility index (Phi) is 7.20. The van der Waals surface area contributed by atoms with Gasteiger partial charge >= 0.3 is 0 Å². The average Bonchev–Trinajstić information content (AvgIpc) is 2.62. The Morgan fingerprint density at radius 3 is 2.63 bits per heavy atom. The Labute approximate surface area is 160 Å². The van der Waals surface area contributed by atoms with Crippen molar-refractivity contribution < 1.29 is 22.7 Å². The molecule has 8 nitrogen and oxygen atoms in total. The van der Waals surface area contributed by atoms with Crippen LogP contribution in [0.1, 0.15) is 33.1 Å². The largest absolute Gasteiger partial charge is 0.497 e. The highest BCUT2D eigenvalue weighted by Gasteiger charge is 2.32. The van der Waals surface area contributed by atoms with E-state index < -0.39 is 15.9 Å². The van der Waals surface area contributed by atoms with Gasteiger partial charge in [0.15, 0.2) is 0 Å². The van der Waals surface area contributed by atoms with Crippen LogP contribution in [0.5, 0.6) is 5.75 Å². The van der Waals surface area contributed by atoms with Crippen molar-refractivity contribution in [2.45, 2.75) is 33.1 Å². The predicted molar refractivity (Wildman–Crippen MR) is 104 cm³/mol. The van der Waals surface area contributed by atoms with Crippen LogP contribution < -0.4 is 15.4 Å². The number of sulfonamides is 1. The highest BCUT2D eigenvalue weighted by atomic mass is 32.2. The fourth-order valence-electron chi connectivity index (χ4n) is 3.08. The third-order valence-corrected chi connectivity index (χ3v) is 6.45. The summed E-state index contributed by atoms with van der Waals surface area (Å²) in [7, 11) is -1.82. The van der Waals surface area contributed by atoms with Gasteiger partial charge in [0.2, 0.25) is 21.8 Å². The molecule has 1 saturated heterocycles. The lowest BCUT2D eigenvalue weighted by molar-refractivity contribution is -0.121. The summed E-state index contributed by atoms with van der Waals surface area (Å²) < 4.78 is 31.2. The number of carbonyl (C=O) groups is 2. The molecule has 1 aromatic rings. The summed E-state index contributed by atoms with van der Waals surface area (Å²) in [6, 6.07) is 4.95. The highest BCUT2D eigenvalue weighted by Crippen LogP contribution is 2.29. The molecule has 0 bridgehead atoms. The number of anilines is 2. The first kappa shape index (κ1) is 21.2. The maximum absolute atomic E-state index is 12.7. The lowest BCUT2D eigenvalue weighted by atomic mass is 9.98. The van der Waals surface area contributed by atoms with Gasteiger partial charge in [0.1, 0.15) is 5.75 Å². The van der Waals surface area contributed by atoms with E-state index in [0.29, 0.717) is 42.9 Å². The van der Waals surface area contributed by atoms with Crippen molar-refractivity contribution in [2.75, 3.05) is 36.6 Å². The van der Waals surface area contributed by atoms with Gasteiger partial charge in [-0.1, -0.05) is 6.92 Å². The predicted octanol–water partition coefficient (Wildman–Crippen LogP) is 2.04. The SMILES string of the molecule is CCCS(=O)(=O)N1CCCC(C(=O)Nc2cc(OC)ccc2NC(C)=O)C1. The first-order valence-corrected chi connectivity index (χ1v) is 10.6. The third-order valence-electron chi connectivity index (χ3n) is 4.41. The molecule has 1 fully saturated rings. The molecule has 1 aliphatic heterocycles. The standard InChI is InChI=1S/C18H27N3O5S/c1-4-10-27(24,25)21-9-5-6-14(12-21)18(23)20-17-11-15(26-3)7-8-16(17)19-13(2)22/h7-8,11,14H,4-6,9-10,12H2,1-3H3,(H,19,22)(H,20,23). The molecule has 27 heavy (non-hydrogen) atoms. The molecule has 0 saturated carbocycles. The van der Waals surface area contributed by atoms with Gasteiger partial charge in [-0.2, -0.15) is 0 Å². The number of hydrogen-bond acceptors (Lipinski definition) is 5. The van der Waals surface area contributed by atoms with Crippen molar-refractivity contribution in [3.8, 4) is 5.75 Å². The number of ether oxygens (including phenoxy) is 1. The van der Waals surface area contributed by atoms with Crippen LogP contribution >= 0.6 is 0 Å². The van der Waals surface area contributed by atoms with Crippen molar-refractivity contribution >= 4 is 33.2 Å². The second kappa shape index (κ2) is 9.18. The fraction of sp³-hybridized carbons (Fsp3) is 0.556. The monoisotopic (exact) mass is 397 g/mol. The smallest absolute Gasteiger partial charge is 0.228 e. The molecule has 1 heterocycles. The van der Waals surface area contributed by atoms with E-state index in [-0.39, 0.29) is 24.1 Å². The van der Waals surface area contributed by atoms with Crippen molar-refractivity contribution in [2.24, 2.45) is 5.92 Å². The molecule has 0 radical (unpaired) electrons. The minimum absolute atomic E-state index is 0.0872. The Morgan fingerprint density at radius 2 is 2.00 bits per heavy atom. The summed E-state index contributed by atoms with van der Waals surface area (Å²) in [5, 5.41) is 5.48. The molecule has 1 unspecified atom stereocenters. The van der Waals surface area contributed by atoms with Gasteiger partial charge in [0, 0.05) is 26.1 Å². The quantitative estimate of drug-likeness (QED) is 0.733. The summed E-state index contributed by atoms with van der Waals surface area (Å²) in [5.41, 5.74) is 0.881. The van der Waals surface area contributed by atoms with Crippen molar-refractivity contribution in [3.05, 3.63) is 18.2 Å². The molecule has 0 aliphatic carbocycles. The number of nitrogens with zero attached hydrogens (tertiary/aromatic N) is 1. The molecule has 1 atom stereocenters. The first-order valence-electron chi connectivity index (χ1n) is 9.01. The van der Waals surface area contributed by atoms with E-state index in [1.165, 1.54) is 18.3 Å². The Hall–Kier alpha value is -2.13. The number of benzene rings is 1. The lowest BCUT2D eigenvalue weighted by Gasteiger charge is -2.31. The van der Waals surface area contributed by atoms with E-state index in [2.05, 4.69) is 10.6 Å². The van der Waals surface area contributed by atoms with Crippen LogP contribution in [-0.4, -0.2) is 50.5 Å². The maximum Gasteiger partial charge on any atom is 0.228 e. The van der Waals surface area contributed by atoms with E-state index >= 15 is 0 Å². The van der Waals surface area contributed by atoms with Gasteiger partial charge in [-0.3, -0.25) is 9.59 Å². The number of rotatable bonds is 7. The molecular formula is C18H27N3O5S. The molecule has 0 aromatic heterocycles. The van der Waals surface area contributed by atoms with Gasteiger partial charge in [-0.05, 0) is 31.4 Å². The summed E-state index contributed by atoms with van der Waals surface area (Å²) >= 11 is 0. The number of methoxy groups -OCH3 is 1. The van der Waals surface area contributed by atoms with Gasteiger partial charge in [0.05, 0.1) is 30.2 Å². The number of nitrogens with one attached hydrogen (secondary N) is 2. The third kappa shape index (κ3) is 5.67. The first-order chi connectivity index (χ1) is 12.8. The summed E-state index contributed by atoms with van der Waals surface area (Å²) in [5.74, 6) is -0.349. The second-order valence-corrected chi connectivity index (χ2v) is 8.68. The molecule has 2 rings (SSSR count). The van der Waals surface area contributed by atoms with E-state index in [4.69, 9.17) is 4.74 Å². The van der Waals surface area contributed by atoms with Crippen LogP contribution in [0.25, 0.3) is 0 Å². The zero-order chi connectivity index (χ0) is 20.0. The Balaban J connectivity index is 2.15. The van der Waals surface area contributed by atoms with Gasteiger partial charge in [0.25, 0.3) is 0 Å². The molecule has 150 valence electrons. The zero-order valence-electron chi connectivity index (χ0n) is 15.9. The molecule has 2 N–H and O–H groups in total.